The Bertz CT molecular complexity index is 1020. The molecular weight excluding hydrogens is 385 g/mol. The molecule has 152 valence electrons. The summed E-state index contributed by atoms with van der Waals surface area (Å²) in [6, 6.07) is 9.81. The zero-order valence-corrected chi connectivity index (χ0v) is 15.3. The van der Waals surface area contributed by atoms with Crippen LogP contribution in [0.25, 0.3) is 10.9 Å². The van der Waals surface area contributed by atoms with Crippen LogP contribution in [0.1, 0.15) is 23.7 Å². The SMILES string of the molecule is O=C(C(O)c1ccc(C(F)(F)F)cc1)N1CCC(Nc2ccc3[nH]ncc3c2)C1. The Kier molecular flexibility index (Phi) is 4.91. The number of fused-ring (bicyclic) bond motifs is 1. The Labute approximate surface area is 164 Å². The van der Waals surface area contributed by atoms with Crippen molar-refractivity contribution in [2.75, 3.05) is 18.4 Å². The number of benzene rings is 2. The fourth-order valence-corrected chi connectivity index (χ4v) is 3.52. The first-order valence-electron chi connectivity index (χ1n) is 9.15. The molecule has 1 amide bonds. The van der Waals surface area contributed by atoms with E-state index in [0.29, 0.717) is 19.5 Å². The molecule has 3 N–H and O–H groups in total. The van der Waals surface area contributed by atoms with Crippen LogP contribution in [0.4, 0.5) is 18.9 Å². The molecule has 1 aliphatic heterocycles. The summed E-state index contributed by atoms with van der Waals surface area (Å²) in [5.41, 5.74) is 1.16. The first-order valence-corrected chi connectivity index (χ1v) is 9.15. The van der Waals surface area contributed by atoms with Crippen LogP contribution in [0.3, 0.4) is 0 Å². The number of likely N-dealkylation sites (tertiary alicyclic amines) is 1. The molecule has 0 bridgehead atoms. The number of hydrogen-bond acceptors (Lipinski definition) is 4. The molecule has 9 heteroatoms. The molecule has 1 fully saturated rings. The summed E-state index contributed by atoms with van der Waals surface area (Å²) in [5.74, 6) is -0.514. The summed E-state index contributed by atoms with van der Waals surface area (Å²) in [4.78, 5) is 14.1. The molecule has 0 spiro atoms. The highest BCUT2D eigenvalue weighted by molar-refractivity contribution is 5.83. The van der Waals surface area contributed by atoms with Gasteiger partial charge in [-0.2, -0.15) is 18.3 Å². The fraction of sp³-hybridized carbons (Fsp3) is 0.300. The maximum atomic E-state index is 12.7. The van der Waals surface area contributed by atoms with Crippen LogP contribution in [-0.4, -0.2) is 45.2 Å². The maximum Gasteiger partial charge on any atom is 0.416 e. The third kappa shape index (κ3) is 4.04. The topological polar surface area (TPSA) is 81.2 Å². The highest BCUT2D eigenvalue weighted by Crippen LogP contribution is 2.30. The van der Waals surface area contributed by atoms with E-state index < -0.39 is 23.8 Å². The predicted molar refractivity (Wildman–Crippen MR) is 101 cm³/mol. The van der Waals surface area contributed by atoms with E-state index in [1.807, 2.05) is 18.2 Å². The molecule has 0 radical (unpaired) electrons. The van der Waals surface area contributed by atoms with Gasteiger partial charge < -0.3 is 15.3 Å². The molecule has 0 aliphatic carbocycles. The molecule has 2 aromatic carbocycles. The first-order chi connectivity index (χ1) is 13.8. The molecular formula is C20H19F3N4O2. The van der Waals surface area contributed by atoms with E-state index in [1.165, 1.54) is 4.90 Å². The zero-order valence-electron chi connectivity index (χ0n) is 15.3. The van der Waals surface area contributed by atoms with Gasteiger partial charge in [0.15, 0.2) is 6.10 Å². The van der Waals surface area contributed by atoms with Crippen LogP contribution in [0.2, 0.25) is 0 Å². The van der Waals surface area contributed by atoms with Crippen molar-refractivity contribution in [2.24, 2.45) is 0 Å². The lowest BCUT2D eigenvalue weighted by molar-refractivity contribution is -0.139. The third-order valence-corrected chi connectivity index (χ3v) is 5.10. The van der Waals surface area contributed by atoms with Gasteiger partial charge in [0, 0.05) is 30.2 Å². The number of rotatable bonds is 4. The number of carbonyl (C=O) groups excluding carboxylic acids is 1. The molecule has 2 heterocycles. The van der Waals surface area contributed by atoms with Crippen LogP contribution in [0, 0.1) is 0 Å². The van der Waals surface area contributed by atoms with Crippen LogP contribution in [0.15, 0.2) is 48.7 Å². The van der Waals surface area contributed by atoms with Crippen LogP contribution < -0.4 is 5.32 Å². The van der Waals surface area contributed by atoms with Gasteiger partial charge in [-0.3, -0.25) is 9.89 Å². The summed E-state index contributed by atoms with van der Waals surface area (Å²) < 4.78 is 38.0. The largest absolute Gasteiger partial charge is 0.416 e. The van der Waals surface area contributed by atoms with E-state index in [0.717, 1.165) is 40.9 Å². The Morgan fingerprint density at radius 3 is 2.72 bits per heavy atom. The summed E-state index contributed by atoms with van der Waals surface area (Å²) in [6.45, 7) is 0.863. The van der Waals surface area contributed by atoms with Crippen LogP contribution in [-0.2, 0) is 11.0 Å². The number of nitrogens with zero attached hydrogens (tertiary/aromatic N) is 2. The number of hydrogen-bond donors (Lipinski definition) is 3. The lowest BCUT2D eigenvalue weighted by atomic mass is 10.1. The van der Waals surface area contributed by atoms with Gasteiger partial charge in [0.1, 0.15) is 0 Å². The fourth-order valence-electron chi connectivity index (χ4n) is 3.52. The number of carbonyl (C=O) groups is 1. The number of alkyl halides is 3. The van der Waals surface area contributed by atoms with Gasteiger partial charge in [-0.1, -0.05) is 12.1 Å². The number of aromatic amines is 1. The predicted octanol–water partition coefficient (Wildman–Crippen LogP) is 3.33. The number of halogens is 3. The average Bonchev–Trinajstić information content (AvgIpc) is 3.35. The second-order valence-electron chi connectivity index (χ2n) is 7.11. The molecule has 2 atom stereocenters. The van der Waals surface area contributed by atoms with E-state index in [2.05, 4.69) is 15.5 Å². The smallest absolute Gasteiger partial charge is 0.380 e. The number of aromatic nitrogens is 2. The number of aliphatic hydroxyl groups is 1. The van der Waals surface area contributed by atoms with Gasteiger partial charge in [-0.25, -0.2) is 0 Å². The van der Waals surface area contributed by atoms with Gasteiger partial charge >= 0.3 is 6.18 Å². The molecule has 0 saturated carbocycles. The lowest BCUT2D eigenvalue weighted by Crippen LogP contribution is -2.35. The van der Waals surface area contributed by atoms with Crippen molar-refractivity contribution in [3.05, 3.63) is 59.8 Å². The van der Waals surface area contributed by atoms with Crippen LogP contribution in [0.5, 0.6) is 0 Å². The zero-order chi connectivity index (χ0) is 20.6. The molecule has 1 saturated heterocycles. The molecule has 2 unspecified atom stereocenters. The van der Waals surface area contributed by atoms with Gasteiger partial charge in [0.2, 0.25) is 0 Å². The molecule has 1 aliphatic rings. The monoisotopic (exact) mass is 404 g/mol. The quantitative estimate of drug-likeness (QED) is 0.623. The summed E-state index contributed by atoms with van der Waals surface area (Å²) in [5, 5.41) is 21.5. The van der Waals surface area contributed by atoms with Crippen molar-refractivity contribution in [1.82, 2.24) is 15.1 Å². The van der Waals surface area contributed by atoms with Crippen molar-refractivity contribution in [3.8, 4) is 0 Å². The Morgan fingerprint density at radius 1 is 1.24 bits per heavy atom. The lowest BCUT2D eigenvalue weighted by Gasteiger charge is -2.21. The number of nitrogens with one attached hydrogen (secondary N) is 2. The second-order valence-corrected chi connectivity index (χ2v) is 7.11. The minimum Gasteiger partial charge on any atom is -0.380 e. The van der Waals surface area contributed by atoms with E-state index in [1.54, 1.807) is 6.20 Å². The van der Waals surface area contributed by atoms with Crippen molar-refractivity contribution >= 4 is 22.5 Å². The first kappa shape index (κ1) is 19.3. The maximum absolute atomic E-state index is 12.7. The van der Waals surface area contributed by atoms with Gasteiger partial charge in [0.25, 0.3) is 5.91 Å². The Morgan fingerprint density at radius 2 is 2.00 bits per heavy atom. The van der Waals surface area contributed by atoms with E-state index in [4.69, 9.17) is 0 Å². The van der Waals surface area contributed by atoms with Gasteiger partial charge in [-0.05, 0) is 42.3 Å². The summed E-state index contributed by atoms with van der Waals surface area (Å²) >= 11 is 0. The third-order valence-electron chi connectivity index (χ3n) is 5.10. The van der Waals surface area contributed by atoms with E-state index in [9.17, 15) is 23.1 Å². The normalized spacial score (nSPS) is 18.2. The van der Waals surface area contributed by atoms with E-state index in [-0.39, 0.29) is 11.6 Å². The average molecular weight is 404 g/mol. The number of amides is 1. The minimum absolute atomic E-state index is 0.0168. The number of anilines is 1. The van der Waals surface area contributed by atoms with Crippen LogP contribution >= 0.6 is 0 Å². The van der Waals surface area contributed by atoms with Gasteiger partial charge in [0.05, 0.1) is 17.3 Å². The standard InChI is InChI=1S/C20H19F3N4O2/c21-20(22,23)14-3-1-12(2-4-14)18(28)19(29)27-8-7-16(11-27)25-15-5-6-17-13(9-15)10-24-26-17/h1-6,9-10,16,18,25,28H,7-8,11H2,(H,24,26). The summed E-state index contributed by atoms with van der Waals surface area (Å²) in [7, 11) is 0. The molecule has 4 rings (SSSR count). The second kappa shape index (κ2) is 7.40. The Hall–Kier alpha value is -3.07. The van der Waals surface area contributed by atoms with Crippen molar-refractivity contribution in [3.63, 3.8) is 0 Å². The number of aliphatic hydroxyl groups excluding tert-OH is 1. The molecule has 29 heavy (non-hydrogen) atoms. The minimum atomic E-state index is -4.46. The molecule has 3 aromatic rings. The highest BCUT2D eigenvalue weighted by atomic mass is 19.4. The summed E-state index contributed by atoms with van der Waals surface area (Å²) in [6.07, 6.45) is -3.51. The molecule has 6 nitrogen and oxygen atoms in total. The van der Waals surface area contributed by atoms with Crippen molar-refractivity contribution in [1.29, 1.82) is 0 Å². The highest BCUT2D eigenvalue weighted by Gasteiger charge is 2.33. The Balaban J connectivity index is 1.38. The van der Waals surface area contributed by atoms with Crippen molar-refractivity contribution < 1.29 is 23.1 Å². The van der Waals surface area contributed by atoms with Crippen molar-refractivity contribution in [2.45, 2.75) is 24.7 Å². The van der Waals surface area contributed by atoms with E-state index >= 15 is 0 Å². The van der Waals surface area contributed by atoms with Gasteiger partial charge in [-0.15, -0.1) is 0 Å². The molecule has 1 aromatic heterocycles. The number of H-pyrrole nitrogens is 1.